The Hall–Kier alpha value is -2.38. The molecule has 26 heavy (non-hydrogen) atoms. The molecule has 0 saturated heterocycles. The van der Waals surface area contributed by atoms with Gasteiger partial charge in [0.2, 0.25) is 5.88 Å². The van der Waals surface area contributed by atoms with Crippen LogP contribution in [-0.4, -0.2) is 15.1 Å². The molecule has 0 fully saturated rings. The van der Waals surface area contributed by atoms with Crippen molar-refractivity contribution in [3.05, 3.63) is 63.9 Å². The SMILES string of the molecule is Oc1cc(OCc2ccc(Cl)cc2)ncc1-c1cc(C(F)(F)F)c(Cl)[nH]1. The van der Waals surface area contributed by atoms with Gasteiger partial charge in [0.05, 0.1) is 16.8 Å². The molecule has 0 unspecified atom stereocenters. The van der Waals surface area contributed by atoms with E-state index in [1.807, 2.05) is 0 Å². The topological polar surface area (TPSA) is 58.1 Å². The Labute approximate surface area is 156 Å². The Bertz CT molecular complexity index is 925. The van der Waals surface area contributed by atoms with Crippen molar-refractivity contribution < 1.29 is 23.0 Å². The van der Waals surface area contributed by atoms with Gasteiger partial charge < -0.3 is 14.8 Å². The molecule has 0 aliphatic rings. The second-order valence-electron chi connectivity index (χ2n) is 5.36. The van der Waals surface area contributed by atoms with Crippen molar-refractivity contribution in [3.63, 3.8) is 0 Å². The minimum absolute atomic E-state index is 0.00317. The minimum atomic E-state index is -4.60. The van der Waals surface area contributed by atoms with E-state index in [2.05, 4.69) is 9.97 Å². The summed E-state index contributed by atoms with van der Waals surface area (Å²) in [5.41, 5.74) is -0.111. The molecule has 136 valence electrons. The van der Waals surface area contributed by atoms with Crippen LogP contribution in [0.1, 0.15) is 11.1 Å². The first kappa shape index (κ1) is 18.4. The van der Waals surface area contributed by atoms with Gasteiger partial charge in [-0.1, -0.05) is 35.3 Å². The molecule has 2 N–H and O–H groups in total. The Morgan fingerprint density at radius 3 is 2.38 bits per heavy atom. The van der Waals surface area contributed by atoms with E-state index in [0.717, 1.165) is 11.6 Å². The maximum Gasteiger partial charge on any atom is 0.419 e. The Kier molecular flexibility index (Phi) is 5.02. The summed E-state index contributed by atoms with van der Waals surface area (Å²) < 4.78 is 43.9. The van der Waals surface area contributed by atoms with Gasteiger partial charge in [0.1, 0.15) is 17.5 Å². The third-order valence-corrected chi connectivity index (χ3v) is 4.07. The van der Waals surface area contributed by atoms with E-state index in [1.165, 1.54) is 12.3 Å². The number of pyridine rings is 1. The number of H-pyrrole nitrogens is 1. The van der Waals surface area contributed by atoms with E-state index >= 15 is 0 Å². The maximum absolute atomic E-state index is 12.8. The van der Waals surface area contributed by atoms with Crippen LogP contribution >= 0.6 is 23.2 Å². The van der Waals surface area contributed by atoms with E-state index < -0.39 is 16.9 Å². The normalized spacial score (nSPS) is 11.6. The highest BCUT2D eigenvalue weighted by Crippen LogP contribution is 2.39. The number of nitrogens with one attached hydrogen (secondary N) is 1. The molecule has 0 saturated carbocycles. The molecule has 0 atom stereocenters. The number of halogens is 5. The van der Waals surface area contributed by atoms with Gasteiger partial charge in [0.25, 0.3) is 0 Å². The van der Waals surface area contributed by atoms with Gasteiger partial charge in [-0.2, -0.15) is 13.2 Å². The average Bonchev–Trinajstić information content (AvgIpc) is 2.96. The number of rotatable bonds is 4. The monoisotopic (exact) mass is 402 g/mol. The first-order chi connectivity index (χ1) is 12.2. The highest BCUT2D eigenvalue weighted by molar-refractivity contribution is 6.30. The molecular weight excluding hydrogens is 392 g/mol. The molecule has 2 heterocycles. The number of aromatic hydroxyl groups is 1. The number of hydrogen-bond acceptors (Lipinski definition) is 3. The first-order valence-corrected chi connectivity index (χ1v) is 8.02. The summed E-state index contributed by atoms with van der Waals surface area (Å²) in [6.07, 6.45) is -3.40. The molecule has 0 aliphatic carbocycles. The fourth-order valence-corrected chi connectivity index (χ4v) is 2.62. The van der Waals surface area contributed by atoms with Crippen LogP contribution < -0.4 is 4.74 Å². The summed E-state index contributed by atoms with van der Waals surface area (Å²) in [6, 6.07) is 9.00. The van der Waals surface area contributed by atoms with Gasteiger partial charge in [-0.05, 0) is 23.8 Å². The van der Waals surface area contributed by atoms with Crippen molar-refractivity contribution in [1.29, 1.82) is 0 Å². The Morgan fingerprint density at radius 2 is 1.81 bits per heavy atom. The molecule has 4 nitrogen and oxygen atoms in total. The summed E-state index contributed by atoms with van der Waals surface area (Å²) in [6.45, 7) is 0.190. The van der Waals surface area contributed by atoms with E-state index in [0.29, 0.717) is 5.02 Å². The Morgan fingerprint density at radius 1 is 1.12 bits per heavy atom. The van der Waals surface area contributed by atoms with Crippen LogP contribution in [0.5, 0.6) is 11.6 Å². The predicted molar refractivity (Wildman–Crippen MR) is 91.5 cm³/mol. The lowest BCUT2D eigenvalue weighted by atomic mass is 10.2. The predicted octanol–water partition coefficient (Wildman–Crippen LogP) is 5.69. The summed E-state index contributed by atoms with van der Waals surface area (Å²) in [7, 11) is 0. The van der Waals surface area contributed by atoms with Crippen molar-refractivity contribution >= 4 is 23.2 Å². The number of aromatic amines is 1. The smallest absolute Gasteiger partial charge is 0.419 e. The van der Waals surface area contributed by atoms with Crippen molar-refractivity contribution in [3.8, 4) is 22.9 Å². The van der Waals surface area contributed by atoms with Crippen LogP contribution in [0.4, 0.5) is 13.2 Å². The van der Waals surface area contributed by atoms with Gasteiger partial charge in [-0.3, -0.25) is 0 Å². The number of ether oxygens (including phenoxy) is 1. The van der Waals surface area contributed by atoms with E-state index in [1.54, 1.807) is 24.3 Å². The molecule has 1 aromatic carbocycles. The first-order valence-electron chi connectivity index (χ1n) is 7.26. The number of alkyl halides is 3. The lowest BCUT2D eigenvalue weighted by molar-refractivity contribution is -0.137. The molecule has 2 aromatic heterocycles. The van der Waals surface area contributed by atoms with Crippen LogP contribution in [0.3, 0.4) is 0 Å². The van der Waals surface area contributed by atoms with Gasteiger partial charge in [0.15, 0.2) is 0 Å². The fraction of sp³-hybridized carbons (Fsp3) is 0.118. The van der Waals surface area contributed by atoms with Crippen LogP contribution in [-0.2, 0) is 12.8 Å². The van der Waals surface area contributed by atoms with Gasteiger partial charge in [-0.25, -0.2) is 4.98 Å². The third kappa shape index (κ3) is 4.05. The highest BCUT2D eigenvalue weighted by Gasteiger charge is 2.35. The lowest BCUT2D eigenvalue weighted by Crippen LogP contribution is -2.03. The third-order valence-electron chi connectivity index (χ3n) is 3.52. The molecule has 0 spiro atoms. The van der Waals surface area contributed by atoms with E-state index in [-0.39, 0.29) is 29.5 Å². The fourth-order valence-electron chi connectivity index (χ4n) is 2.23. The molecule has 3 rings (SSSR count). The molecule has 0 amide bonds. The molecule has 0 bridgehead atoms. The molecule has 3 aromatic rings. The van der Waals surface area contributed by atoms with E-state index in [9.17, 15) is 18.3 Å². The second kappa shape index (κ2) is 7.09. The summed E-state index contributed by atoms with van der Waals surface area (Å²) >= 11 is 11.4. The largest absolute Gasteiger partial charge is 0.507 e. The zero-order valence-electron chi connectivity index (χ0n) is 12.9. The van der Waals surface area contributed by atoms with Crippen molar-refractivity contribution in [1.82, 2.24) is 9.97 Å². The number of nitrogens with zero attached hydrogens (tertiary/aromatic N) is 1. The summed E-state index contributed by atoms with van der Waals surface area (Å²) in [5, 5.41) is 10.1. The van der Waals surface area contributed by atoms with Crippen LogP contribution in [0.15, 0.2) is 42.6 Å². The summed E-state index contributed by atoms with van der Waals surface area (Å²) in [5.74, 6) is -0.173. The van der Waals surface area contributed by atoms with E-state index in [4.69, 9.17) is 27.9 Å². The number of benzene rings is 1. The standard InChI is InChI=1S/C17H11Cl2F3N2O2/c18-10-3-1-9(2-4-10)8-26-15-6-14(25)11(7-23-15)13-5-12(16(19)24-13)17(20,21)22/h1-7,24H,8H2,(H,23,25). The molecule has 9 heteroatoms. The Balaban J connectivity index is 1.78. The van der Waals surface area contributed by atoms with Crippen molar-refractivity contribution in [2.75, 3.05) is 0 Å². The zero-order valence-corrected chi connectivity index (χ0v) is 14.5. The van der Waals surface area contributed by atoms with Gasteiger partial charge in [-0.15, -0.1) is 0 Å². The molecule has 0 radical (unpaired) electrons. The highest BCUT2D eigenvalue weighted by atomic mass is 35.5. The minimum Gasteiger partial charge on any atom is -0.507 e. The summed E-state index contributed by atoms with van der Waals surface area (Å²) in [4.78, 5) is 6.38. The number of hydrogen-bond donors (Lipinski definition) is 2. The number of aromatic nitrogens is 2. The van der Waals surface area contributed by atoms with Gasteiger partial charge >= 0.3 is 6.18 Å². The lowest BCUT2D eigenvalue weighted by Gasteiger charge is -2.08. The molecule has 0 aliphatic heterocycles. The van der Waals surface area contributed by atoms with Crippen molar-refractivity contribution in [2.45, 2.75) is 12.8 Å². The quantitative estimate of drug-likeness (QED) is 0.589. The second-order valence-corrected chi connectivity index (χ2v) is 6.18. The maximum atomic E-state index is 12.8. The van der Waals surface area contributed by atoms with Crippen molar-refractivity contribution in [2.24, 2.45) is 0 Å². The molecular formula is C17H11Cl2F3N2O2. The van der Waals surface area contributed by atoms with Crippen LogP contribution in [0.2, 0.25) is 10.2 Å². The van der Waals surface area contributed by atoms with Crippen LogP contribution in [0.25, 0.3) is 11.3 Å². The van der Waals surface area contributed by atoms with Crippen LogP contribution in [0, 0.1) is 0 Å². The average molecular weight is 403 g/mol. The van der Waals surface area contributed by atoms with Gasteiger partial charge in [0, 0.05) is 17.3 Å². The zero-order chi connectivity index (χ0) is 18.9.